The molecule has 0 N–H and O–H groups in total. The molecule has 0 bridgehead atoms. The van der Waals surface area contributed by atoms with Crippen LogP contribution in [0.5, 0.6) is 0 Å². The third-order valence-electron chi connectivity index (χ3n) is 3.98. The first kappa shape index (κ1) is 13.0. The molecule has 1 atom stereocenters. The summed E-state index contributed by atoms with van der Waals surface area (Å²) in [6.07, 6.45) is 1.40. The molecular formula is C17H14F2O. The number of halogens is 2. The molecule has 20 heavy (non-hydrogen) atoms. The molecule has 3 heteroatoms. The molecule has 0 amide bonds. The number of ketones is 1. The molecule has 1 nitrogen and oxygen atoms in total. The summed E-state index contributed by atoms with van der Waals surface area (Å²) >= 11 is 0. The first-order valence-electron chi connectivity index (χ1n) is 6.66. The Morgan fingerprint density at radius 1 is 1.15 bits per heavy atom. The van der Waals surface area contributed by atoms with Crippen molar-refractivity contribution in [2.75, 3.05) is 0 Å². The Labute approximate surface area is 116 Å². The number of fused-ring (bicyclic) bond motifs is 1. The molecule has 0 saturated carbocycles. The standard InChI is InChI=1S/C17H14F2O/c1-10-6-9-14(18)15(16(10)19)17(20)13-8-7-11-4-2-3-5-12(11)13/h2-6,9,13H,7-8H2,1H3. The van der Waals surface area contributed by atoms with Crippen LogP contribution in [0.25, 0.3) is 0 Å². The molecule has 0 spiro atoms. The molecule has 0 fully saturated rings. The summed E-state index contributed by atoms with van der Waals surface area (Å²) in [6.45, 7) is 1.54. The summed E-state index contributed by atoms with van der Waals surface area (Å²) in [7, 11) is 0. The van der Waals surface area contributed by atoms with Gasteiger partial charge in [0.1, 0.15) is 11.6 Å². The second kappa shape index (κ2) is 4.82. The molecule has 0 aromatic heterocycles. The van der Waals surface area contributed by atoms with Gasteiger partial charge in [0.2, 0.25) is 0 Å². The highest BCUT2D eigenvalue weighted by Gasteiger charge is 2.32. The zero-order chi connectivity index (χ0) is 14.3. The number of Topliss-reactive ketones (excluding diaryl/α,β-unsaturated/α-hetero) is 1. The highest BCUT2D eigenvalue weighted by Crippen LogP contribution is 2.36. The molecule has 1 unspecified atom stereocenters. The normalized spacial score (nSPS) is 17.1. The van der Waals surface area contributed by atoms with Crippen molar-refractivity contribution in [3.8, 4) is 0 Å². The second-order valence-electron chi connectivity index (χ2n) is 5.21. The average Bonchev–Trinajstić information content (AvgIpc) is 2.87. The summed E-state index contributed by atoms with van der Waals surface area (Å²) in [5.41, 5.74) is 1.89. The Hall–Kier alpha value is -2.03. The van der Waals surface area contributed by atoms with Gasteiger partial charge in [-0.2, -0.15) is 0 Å². The van der Waals surface area contributed by atoms with Gasteiger partial charge < -0.3 is 0 Å². The lowest BCUT2D eigenvalue weighted by molar-refractivity contribution is 0.0951. The molecule has 2 aromatic rings. The maximum absolute atomic E-state index is 14.1. The minimum absolute atomic E-state index is 0.293. The topological polar surface area (TPSA) is 17.1 Å². The Bertz CT molecular complexity index is 691. The fourth-order valence-corrected chi connectivity index (χ4v) is 2.89. The van der Waals surface area contributed by atoms with E-state index < -0.39 is 28.9 Å². The SMILES string of the molecule is Cc1ccc(F)c(C(=O)C2CCc3ccccc32)c1F. The summed E-state index contributed by atoms with van der Waals surface area (Å²) in [6, 6.07) is 10.1. The predicted octanol–water partition coefficient (Wildman–Crippen LogP) is 4.19. The minimum Gasteiger partial charge on any atom is -0.293 e. The van der Waals surface area contributed by atoms with Crippen LogP contribution >= 0.6 is 0 Å². The number of hydrogen-bond donors (Lipinski definition) is 0. The Morgan fingerprint density at radius 3 is 2.70 bits per heavy atom. The fraction of sp³-hybridized carbons (Fsp3) is 0.235. The molecule has 0 heterocycles. The molecule has 2 aromatic carbocycles. The second-order valence-corrected chi connectivity index (χ2v) is 5.21. The maximum atomic E-state index is 14.1. The number of carbonyl (C=O) groups is 1. The largest absolute Gasteiger partial charge is 0.293 e. The van der Waals surface area contributed by atoms with Crippen molar-refractivity contribution in [1.29, 1.82) is 0 Å². The van der Waals surface area contributed by atoms with E-state index in [4.69, 9.17) is 0 Å². The molecule has 0 saturated heterocycles. The van der Waals surface area contributed by atoms with E-state index in [0.717, 1.165) is 23.6 Å². The Morgan fingerprint density at radius 2 is 1.90 bits per heavy atom. The number of carbonyl (C=O) groups excluding carboxylic acids is 1. The van der Waals surface area contributed by atoms with Crippen LogP contribution in [0.3, 0.4) is 0 Å². The summed E-state index contributed by atoms with van der Waals surface area (Å²) in [5.74, 6) is -2.40. The van der Waals surface area contributed by atoms with Crippen LogP contribution < -0.4 is 0 Å². The predicted molar refractivity (Wildman–Crippen MR) is 72.9 cm³/mol. The van der Waals surface area contributed by atoms with Gasteiger partial charge >= 0.3 is 0 Å². The van der Waals surface area contributed by atoms with Crippen molar-refractivity contribution in [3.05, 3.63) is 70.3 Å². The molecule has 0 aliphatic heterocycles. The molecule has 0 radical (unpaired) electrons. The molecule has 3 rings (SSSR count). The van der Waals surface area contributed by atoms with Gasteiger partial charge in [0, 0.05) is 5.92 Å². The van der Waals surface area contributed by atoms with E-state index in [9.17, 15) is 13.6 Å². The van der Waals surface area contributed by atoms with Gasteiger partial charge in [-0.15, -0.1) is 0 Å². The smallest absolute Gasteiger partial charge is 0.176 e. The zero-order valence-corrected chi connectivity index (χ0v) is 11.1. The third-order valence-corrected chi connectivity index (χ3v) is 3.98. The van der Waals surface area contributed by atoms with Crippen molar-refractivity contribution in [2.45, 2.75) is 25.7 Å². The van der Waals surface area contributed by atoms with E-state index >= 15 is 0 Å². The van der Waals surface area contributed by atoms with Crippen molar-refractivity contribution in [3.63, 3.8) is 0 Å². The van der Waals surface area contributed by atoms with E-state index in [1.54, 1.807) is 0 Å². The highest BCUT2D eigenvalue weighted by atomic mass is 19.1. The fourth-order valence-electron chi connectivity index (χ4n) is 2.89. The van der Waals surface area contributed by atoms with Crippen molar-refractivity contribution < 1.29 is 13.6 Å². The Balaban J connectivity index is 2.06. The summed E-state index contributed by atoms with van der Waals surface area (Å²) in [5, 5.41) is 0. The van der Waals surface area contributed by atoms with Gasteiger partial charge in [0.25, 0.3) is 0 Å². The van der Waals surface area contributed by atoms with Crippen LogP contribution in [0.1, 0.15) is 39.4 Å². The van der Waals surface area contributed by atoms with Crippen LogP contribution in [-0.4, -0.2) is 5.78 Å². The van der Waals surface area contributed by atoms with Crippen molar-refractivity contribution in [1.82, 2.24) is 0 Å². The van der Waals surface area contributed by atoms with Gasteiger partial charge in [-0.25, -0.2) is 8.78 Å². The van der Waals surface area contributed by atoms with Crippen molar-refractivity contribution >= 4 is 5.78 Å². The number of hydrogen-bond acceptors (Lipinski definition) is 1. The van der Waals surface area contributed by atoms with Crippen molar-refractivity contribution in [2.24, 2.45) is 0 Å². The monoisotopic (exact) mass is 272 g/mol. The highest BCUT2D eigenvalue weighted by molar-refractivity contribution is 6.02. The van der Waals surface area contributed by atoms with Gasteiger partial charge in [-0.3, -0.25) is 4.79 Å². The molecular weight excluding hydrogens is 258 g/mol. The van der Waals surface area contributed by atoms with Crippen LogP contribution in [0.2, 0.25) is 0 Å². The van der Waals surface area contributed by atoms with Crippen LogP contribution in [0.15, 0.2) is 36.4 Å². The van der Waals surface area contributed by atoms with E-state index in [0.29, 0.717) is 12.0 Å². The van der Waals surface area contributed by atoms with Crippen LogP contribution in [0.4, 0.5) is 8.78 Å². The molecule has 1 aliphatic carbocycles. The number of rotatable bonds is 2. The van der Waals surface area contributed by atoms with Gasteiger partial charge in [-0.05, 0) is 42.5 Å². The van der Waals surface area contributed by atoms with E-state index in [1.807, 2.05) is 24.3 Å². The van der Waals surface area contributed by atoms with Gasteiger partial charge in [0.05, 0.1) is 5.56 Å². The van der Waals surface area contributed by atoms with Crippen LogP contribution in [0, 0.1) is 18.6 Å². The lowest BCUT2D eigenvalue weighted by atomic mass is 9.91. The summed E-state index contributed by atoms with van der Waals surface area (Å²) < 4.78 is 27.9. The average molecular weight is 272 g/mol. The third kappa shape index (κ3) is 1.94. The first-order chi connectivity index (χ1) is 9.59. The Kier molecular flexibility index (Phi) is 3.13. The van der Waals surface area contributed by atoms with Gasteiger partial charge in [-0.1, -0.05) is 30.3 Å². The maximum Gasteiger partial charge on any atom is 0.176 e. The van der Waals surface area contributed by atoms with E-state index in [1.165, 1.54) is 13.0 Å². The van der Waals surface area contributed by atoms with Crippen LogP contribution in [-0.2, 0) is 6.42 Å². The van der Waals surface area contributed by atoms with Gasteiger partial charge in [0.15, 0.2) is 5.78 Å². The first-order valence-corrected chi connectivity index (χ1v) is 6.66. The molecule has 1 aliphatic rings. The number of benzene rings is 2. The molecule has 102 valence electrons. The quantitative estimate of drug-likeness (QED) is 0.749. The lowest BCUT2D eigenvalue weighted by Gasteiger charge is -2.13. The minimum atomic E-state index is -0.775. The lowest BCUT2D eigenvalue weighted by Crippen LogP contribution is -2.15. The number of aryl methyl sites for hydroxylation is 2. The van der Waals surface area contributed by atoms with E-state index in [2.05, 4.69) is 0 Å². The van der Waals surface area contributed by atoms with E-state index in [-0.39, 0.29) is 0 Å². The zero-order valence-electron chi connectivity index (χ0n) is 11.1. The summed E-state index contributed by atoms with van der Waals surface area (Å²) in [4.78, 5) is 12.5.